The molecular formula is C14H16INO3S. The molecule has 1 saturated carbocycles. The summed E-state index contributed by atoms with van der Waals surface area (Å²) in [5.41, 5.74) is 0.560. The summed E-state index contributed by atoms with van der Waals surface area (Å²) in [7, 11) is -3.49. The van der Waals surface area contributed by atoms with E-state index >= 15 is 0 Å². The van der Waals surface area contributed by atoms with Gasteiger partial charge in [0.25, 0.3) is 0 Å². The Balaban J connectivity index is 1.90. The van der Waals surface area contributed by atoms with Crippen LogP contribution in [0.15, 0.2) is 29.2 Å². The molecule has 1 saturated heterocycles. The fourth-order valence-corrected chi connectivity index (χ4v) is 5.67. The third kappa shape index (κ3) is 2.03. The summed E-state index contributed by atoms with van der Waals surface area (Å²) in [4.78, 5) is 11.7. The first-order valence-electron chi connectivity index (χ1n) is 6.55. The lowest BCUT2D eigenvalue weighted by atomic mass is 10.0. The average Bonchev–Trinajstić information content (AvgIpc) is 3.05. The highest BCUT2D eigenvalue weighted by molar-refractivity contribution is 14.1. The molecule has 1 aromatic carbocycles. The second kappa shape index (κ2) is 4.51. The van der Waals surface area contributed by atoms with Crippen molar-refractivity contribution < 1.29 is 13.2 Å². The molecule has 0 unspecified atom stereocenters. The van der Waals surface area contributed by atoms with E-state index in [1.807, 2.05) is 6.92 Å². The van der Waals surface area contributed by atoms with E-state index in [-0.39, 0.29) is 3.42 Å². The molecule has 108 valence electrons. The highest BCUT2D eigenvalue weighted by Crippen LogP contribution is 2.65. The van der Waals surface area contributed by atoms with E-state index in [9.17, 15) is 13.2 Å². The van der Waals surface area contributed by atoms with Crippen LogP contribution >= 0.6 is 22.6 Å². The normalized spacial score (nSPS) is 33.5. The molecule has 0 N–H and O–H groups in total. The predicted octanol–water partition coefficient (Wildman–Crippen LogP) is 2.15. The van der Waals surface area contributed by atoms with Crippen LogP contribution in [0.4, 0.5) is 0 Å². The van der Waals surface area contributed by atoms with Crippen molar-refractivity contribution >= 4 is 38.9 Å². The topological polar surface area (TPSA) is 54.5 Å². The first-order valence-corrected chi connectivity index (χ1v) is 9.07. The number of rotatable bonds is 3. The van der Waals surface area contributed by atoms with E-state index < -0.39 is 15.4 Å². The Labute approximate surface area is 132 Å². The summed E-state index contributed by atoms with van der Waals surface area (Å²) in [6, 6.07) is 6.87. The molecule has 0 radical (unpaired) electrons. The number of aldehydes is 1. The van der Waals surface area contributed by atoms with Crippen LogP contribution in [-0.4, -0.2) is 35.5 Å². The summed E-state index contributed by atoms with van der Waals surface area (Å²) >= 11 is 2.32. The Morgan fingerprint density at radius 2 is 1.95 bits per heavy atom. The number of alkyl halides is 1. The number of aryl methyl sites for hydroxylation is 1. The molecule has 1 aliphatic heterocycles. The fraction of sp³-hybridized carbons (Fsp3) is 0.500. The van der Waals surface area contributed by atoms with Crippen LogP contribution in [0.3, 0.4) is 0 Å². The highest BCUT2D eigenvalue weighted by Gasteiger charge is 2.69. The van der Waals surface area contributed by atoms with Crippen LogP contribution in [-0.2, 0) is 14.8 Å². The Kier molecular flexibility index (Phi) is 3.26. The van der Waals surface area contributed by atoms with Gasteiger partial charge in [-0.05, 0) is 31.9 Å². The number of benzene rings is 1. The average molecular weight is 405 g/mol. The number of fused-ring (bicyclic) bond motifs is 1. The number of piperidine rings is 1. The van der Waals surface area contributed by atoms with Crippen LogP contribution < -0.4 is 0 Å². The Morgan fingerprint density at radius 1 is 1.30 bits per heavy atom. The number of sulfonamides is 1. The zero-order valence-corrected chi connectivity index (χ0v) is 14.1. The van der Waals surface area contributed by atoms with E-state index in [1.54, 1.807) is 24.3 Å². The monoisotopic (exact) mass is 405 g/mol. The third-order valence-electron chi connectivity index (χ3n) is 4.46. The van der Waals surface area contributed by atoms with Gasteiger partial charge in [0.2, 0.25) is 10.0 Å². The first-order chi connectivity index (χ1) is 9.33. The minimum absolute atomic E-state index is 0.0220. The van der Waals surface area contributed by atoms with Crippen molar-refractivity contribution in [3.8, 4) is 0 Å². The van der Waals surface area contributed by atoms with Gasteiger partial charge in [0.1, 0.15) is 6.29 Å². The number of hydrogen-bond donors (Lipinski definition) is 0. The van der Waals surface area contributed by atoms with Gasteiger partial charge in [-0.3, -0.25) is 0 Å². The maximum absolute atomic E-state index is 12.6. The van der Waals surface area contributed by atoms with Crippen molar-refractivity contribution in [1.82, 2.24) is 4.31 Å². The molecule has 1 aliphatic carbocycles. The molecule has 20 heavy (non-hydrogen) atoms. The van der Waals surface area contributed by atoms with Crippen LogP contribution in [0.5, 0.6) is 0 Å². The van der Waals surface area contributed by atoms with E-state index in [1.165, 1.54) is 4.31 Å². The molecule has 0 spiro atoms. The third-order valence-corrected chi connectivity index (χ3v) is 8.32. The van der Waals surface area contributed by atoms with Crippen LogP contribution in [0.1, 0.15) is 18.4 Å². The van der Waals surface area contributed by atoms with Crippen LogP contribution in [0, 0.1) is 12.3 Å². The van der Waals surface area contributed by atoms with Crippen molar-refractivity contribution in [2.75, 3.05) is 13.1 Å². The molecule has 2 fully saturated rings. The number of nitrogens with zero attached hydrogens (tertiary/aromatic N) is 1. The Bertz CT molecular complexity index is 658. The molecular weight excluding hydrogens is 389 g/mol. The molecule has 6 heteroatoms. The second-order valence-electron chi connectivity index (χ2n) is 5.82. The van der Waals surface area contributed by atoms with E-state index in [0.717, 1.165) is 24.7 Å². The molecule has 0 aromatic heterocycles. The van der Waals surface area contributed by atoms with Gasteiger partial charge < -0.3 is 4.79 Å². The van der Waals surface area contributed by atoms with Crippen molar-refractivity contribution in [3.05, 3.63) is 29.8 Å². The minimum atomic E-state index is -3.49. The number of carbonyl (C=O) groups is 1. The van der Waals surface area contributed by atoms with Gasteiger partial charge in [0.15, 0.2) is 0 Å². The van der Waals surface area contributed by atoms with Crippen LogP contribution in [0.2, 0.25) is 0 Å². The summed E-state index contributed by atoms with van der Waals surface area (Å²) in [5, 5.41) is 0. The quantitative estimate of drug-likeness (QED) is 0.440. The summed E-state index contributed by atoms with van der Waals surface area (Å²) in [6.45, 7) is 2.73. The number of carbonyl (C=O) groups excluding carboxylic acids is 1. The minimum Gasteiger partial charge on any atom is -0.303 e. The van der Waals surface area contributed by atoms with Gasteiger partial charge in [-0.15, -0.1) is 0 Å². The standard InChI is InChI=1S/C14H16INO3S/c1-11-2-4-12(5-3-11)20(18,19)16-7-6-14(15)8-13(14,9-16)10-17/h2-5,10H,6-9H2,1H3/t13-,14+/m1/s1. The molecule has 1 heterocycles. The fourth-order valence-electron chi connectivity index (χ4n) is 2.94. The maximum atomic E-state index is 12.6. The summed E-state index contributed by atoms with van der Waals surface area (Å²) in [5.74, 6) is 0. The van der Waals surface area contributed by atoms with Gasteiger partial charge in [-0.1, -0.05) is 40.3 Å². The van der Waals surface area contributed by atoms with Gasteiger partial charge in [-0.25, -0.2) is 8.42 Å². The predicted molar refractivity (Wildman–Crippen MR) is 84.4 cm³/mol. The van der Waals surface area contributed by atoms with E-state index in [2.05, 4.69) is 22.6 Å². The smallest absolute Gasteiger partial charge is 0.243 e. The van der Waals surface area contributed by atoms with Crippen molar-refractivity contribution in [3.63, 3.8) is 0 Å². The lowest BCUT2D eigenvalue weighted by Gasteiger charge is -2.32. The zero-order valence-electron chi connectivity index (χ0n) is 11.2. The lowest BCUT2D eigenvalue weighted by molar-refractivity contribution is -0.113. The molecule has 3 rings (SSSR count). The second-order valence-corrected chi connectivity index (χ2v) is 9.82. The number of hydrogen-bond acceptors (Lipinski definition) is 3. The Hall–Kier alpha value is -0.470. The van der Waals surface area contributed by atoms with Crippen molar-refractivity contribution in [1.29, 1.82) is 0 Å². The highest BCUT2D eigenvalue weighted by atomic mass is 127. The number of halogens is 1. The van der Waals surface area contributed by atoms with Gasteiger partial charge in [0.05, 0.1) is 10.3 Å². The first kappa shape index (κ1) is 14.5. The zero-order chi connectivity index (χ0) is 14.6. The SMILES string of the molecule is Cc1ccc(S(=O)(=O)N2CC[C@]3(I)C[C@]3(C=O)C2)cc1. The van der Waals surface area contributed by atoms with Gasteiger partial charge in [0, 0.05) is 16.5 Å². The molecule has 4 nitrogen and oxygen atoms in total. The largest absolute Gasteiger partial charge is 0.303 e. The maximum Gasteiger partial charge on any atom is 0.243 e. The van der Waals surface area contributed by atoms with Crippen molar-refractivity contribution in [2.24, 2.45) is 5.41 Å². The molecule has 2 aliphatic rings. The van der Waals surface area contributed by atoms with E-state index in [0.29, 0.717) is 18.0 Å². The molecule has 0 bridgehead atoms. The molecule has 0 amide bonds. The molecule has 1 aromatic rings. The van der Waals surface area contributed by atoms with Crippen molar-refractivity contribution in [2.45, 2.75) is 28.1 Å². The Morgan fingerprint density at radius 3 is 2.55 bits per heavy atom. The van der Waals surface area contributed by atoms with E-state index in [4.69, 9.17) is 0 Å². The molecule has 2 atom stereocenters. The van der Waals surface area contributed by atoms with Gasteiger partial charge in [-0.2, -0.15) is 4.31 Å². The van der Waals surface area contributed by atoms with Crippen LogP contribution in [0.25, 0.3) is 0 Å². The summed E-state index contributed by atoms with van der Waals surface area (Å²) < 4.78 is 26.7. The van der Waals surface area contributed by atoms with Gasteiger partial charge >= 0.3 is 0 Å². The summed E-state index contributed by atoms with van der Waals surface area (Å²) in [6.07, 6.45) is 2.50. The lowest BCUT2D eigenvalue weighted by Crippen LogP contribution is -2.44.